The summed E-state index contributed by atoms with van der Waals surface area (Å²) in [7, 11) is 0. The van der Waals surface area contributed by atoms with E-state index < -0.39 is 5.82 Å². The molecule has 4 aromatic rings. The highest BCUT2D eigenvalue weighted by Crippen LogP contribution is 2.37. The Morgan fingerprint density at radius 1 is 1.38 bits per heavy atom. The van der Waals surface area contributed by atoms with Crippen LogP contribution in [0.25, 0.3) is 27.7 Å². The molecule has 0 saturated heterocycles. The van der Waals surface area contributed by atoms with Crippen LogP contribution in [0.15, 0.2) is 30.7 Å². The van der Waals surface area contributed by atoms with E-state index in [0.717, 1.165) is 10.9 Å². The summed E-state index contributed by atoms with van der Waals surface area (Å²) in [5, 5.41) is 9.99. The second kappa shape index (κ2) is 5.31. The topological polar surface area (TPSA) is 75.1 Å². The summed E-state index contributed by atoms with van der Waals surface area (Å²) in [6.45, 7) is 1.68. The fourth-order valence-corrected chi connectivity index (χ4v) is 3.16. The maximum absolute atomic E-state index is 14.5. The summed E-state index contributed by atoms with van der Waals surface area (Å²) in [5.41, 5.74) is 3.07. The van der Waals surface area contributed by atoms with E-state index in [1.165, 1.54) is 0 Å². The number of carbonyl (C=O) groups is 1. The van der Waals surface area contributed by atoms with E-state index in [0.29, 0.717) is 34.5 Å². The molecule has 0 aliphatic carbocycles. The first-order valence-corrected chi connectivity index (χ1v) is 7.48. The second-order valence-electron chi connectivity index (χ2n) is 5.36. The first-order chi connectivity index (χ1) is 11.6. The molecule has 1 aromatic carbocycles. The lowest BCUT2D eigenvalue weighted by molar-refractivity contribution is -0.105. The number of nitrogens with one attached hydrogen (secondary N) is 2. The van der Waals surface area contributed by atoms with Gasteiger partial charge in [-0.1, -0.05) is 11.6 Å². The Morgan fingerprint density at radius 2 is 2.21 bits per heavy atom. The largest absolute Gasteiger partial charge is 0.312 e. The van der Waals surface area contributed by atoms with Crippen LogP contribution < -0.4 is 5.32 Å². The van der Waals surface area contributed by atoms with Crippen molar-refractivity contribution in [2.45, 2.75) is 6.92 Å². The van der Waals surface area contributed by atoms with Crippen molar-refractivity contribution in [2.75, 3.05) is 5.32 Å². The van der Waals surface area contributed by atoms with E-state index in [-0.39, 0.29) is 5.02 Å². The Hall–Kier alpha value is -2.93. The summed E-state index contributed by atoms with van der Waals surface area (Å²) in [6.07, 6.45) is 5.69. The zero-order chi connectivity index (χ0) is 16.8. The van der Waals surface area contributed by atoms with Gasteiger partial charge in [0.2, 0.25) is 6.41 Å². The molecule has 1 amide bonds. The van der Waals surface area contributed by atoms with E-state index in [1.807, 2.05) is 12.3 Å². The molecule has 120 valence electrons. The maximum atomic E-state index is 14.5. The summed E-state index contributed by atoms with van der Waals surface area (Å²) in [4.78, 5) is 14.8. The van der Waals surface area contributed by atoms with Gasteiger partial charge in [0.15, 0.2) is 5.82 Å². The fourth-order valence-electron chi connectivity index (χ4n) is 2.87. The molecule has 8 heteroatoms. The molecular weight excluding hydrogens is 333 g/mol. The molecule has 0 bridgehead atoms. The second-order valence-corrected chi connectivity index (χ2v) is 5.74. The third kappa shape index (κ3) is 2.05. The number of amides is 1. The Balaban J connectivity index is 1.99. The molecule has 3 aromatic heterocycles. The van der Waals surface area contributed by atoms with Crippen molar-refractivity contribution in [3.05, 3.63) is 47.1 Å². The number of H-pyrrole nitrogens is 1. The highest BCUT2D eigenvalue weighted by Gasteiger charge is 2.18. The molecule has 0 aliphatic rings. The molecule has 0 atom stereocenters. The average molecular weight is 344 g/mol. The number of nitrogens with zero attached hydrogens (tertiary/aromatic N) is 3. The lowest BCUT2D eigenvalue weighted by Crippen LogP contribution is -1.94. The number of aromatic nitrogens is 4. The first-order valence-electron chi connectivity index (χ1n) is 7.10. The molecule has 24 heavy (non-hydrogen) atoms. The van der Waals surface area contributed by atoms with Crippen LogP contribution in [0.4, 0.5) is 10.2 Å². The number of aromatic amines is 1. The van der Waals surface area contributed by atoms with Crippen molar-refractivity contribution in [1.29, 1.82) is 0 Å². The number of rotatable bonds is 3. The van der Waals surface area contributed by atoms with Crippen molar-refractivity contribution < 1.29 is 9.18 Å². The molecule has 0 aliphatic heterocycles. The molecule has 0 saturated carbocycles. The molecule has 0 fully saturated rings. The predicted octanol–water partition coefficient (Wildman–Crippen LogP) is 3.55. The van der Waals surface area contributed by atoms with Crippen LogP contribution in [0.1, 0.15) is 5.56 Å². The molecule has 6 nitrogen and oxygen atoms in total. The summed E-state index contributed by atoms with van der Waals surface area (Å²) < 4.78 is 16.2. The zero-order valence-corrected chi connectivity index (χ0v) is 13.2. The van der Waals surface area contributed by atoms with Gasteiger partial charge in [0.1, 0.15) is 16.5 Å². The minimum Gasteiger partial charge on any atom is -0.312 e. The van der Waals surface area contributed by atoms with Crippen LogP contribution in [-0.4, -0.2) is 26.0 Å². The number of pyridine rings is 1. The zero-order valence-electron chi connectivity index (χ0n) is 12.5. The molecule has 0 unspecified atom stereocenters. The number of imidazole rings is 1. The van der Waals surface area contributed by atoms with Gasteiger partial charge in [-0.25, -0.2) is 9.37 Å². The van der Waals surface area contributed by atoms with Gasteiger partial charge in [0.25, 0.3) is 0 Å². The minimum absolute atomic E-state index is 0.0323. The summed E-state index contributed by atoms with van der Waals surface area (Å²) in [6, 6.07) is 3.64. The van der Waals surface area contributed by atoms with Crippen LogP contribution in [0.5, 0.6) is 0 Å². The number of anilines is 1. The van der Waals surface area contributed by atoms with Crippen molar-refractivity contribution in [3.8, 4) is 11.1 Å². The Labute approximate surface area is 140 Å². The SMILES string of the molecule is Cc1c(F)c(Cl)c2[nH]ncc2c1-c1ccc2nc(NC=O)cn2c1. The van der Waals surface area contributed by atoms with Gasteiger partial charge in [-0.05, 0) is 30.2 Å². The lowest BCUT2D eigenvalue weighted by Gasteiger charge is -2.11. The number of fused-ring (bicyclic) bond motifs is 2. The number of halogens is 2. The number of benzene rings is 1. The van der Waals surface area contributed by atoms with Crippen molar-refractivity contribution in [3.63, 3.8) is 0 Å². The van der Waals surface area contributed by atoms with Crippen LogP contribution in [0.3, 0.4) is 0 Å². The van der Waals surface area contributed by atoms with Crippen molar-refractivity contribution in [2.24, 2.45) is 0 Å². The molecular formula is C16H11ClFN5O. The quantitative estimate of drug-likeness (QED) is 0.559. The average Bonchev–Trinajstić information content (AvgIpc) is 3.19. The third-order valence-electron chi connectivity index (χ3n) is 3.97. The number of hydrogen-bond acceptors (Lipinski definition) is 3. The van der Waals surface area contributed by atoms with E-state index in [2.05, 4.69) is 20.5 Å². The lowest BCUT2D eigenvalue weighted by atomic mass is 9.97. The monoisotopic (exact) mass is 343 g/mol. The first kappa shape index (κ1) is 14.6. The van der Waals surface area contributed by atoms with Crippen LogP contribution in [-0.2, 0) is 4.79 Å². The fraction of sp³-hybridized carbons (Fsp3) is 0.0625. The van der Waals surface area contributed by atoms with E-state index in [1.54, 1.807) is 29.8 Å². The van der Waals surface area contributed by atoms with Gasteiger partial charge in [0.05, 0.1) is 17.9 Å². The van der Waals surface area contributed by atoms with Gasteiger partial charge in [-0.15, -0.1) is 0 Å². The van der Waals surface area contributed by atoms with Crippen molar-refractivity contribution in [1.82, 2.24) is 19.6 Å². The number of hydrogen-bond donors (Lipinski definition) is 2. The molecule has 0 radical (unpaired) electrons. The molecule has 4 rings (SSSR count). The minimum atomic E-state index is -0.475. The summed E-state index contributed by atoms with van der Waals surface area (Å²) >= 11 is 6.06. The van der Waals surface area contributed by atoms with Gasteiger partial charge in [-0.2, -0.15) is 5.10 Å². The Kier molecular flexibility index (Phi) is 3.24. The van der Waals surface area contributed by atoms with Gasteiger partial charge < -0.3 is 9.72 Å². The van der Waals surface area contributed by atoms with Crippen LogP contribution in [0, 0.1) is 12.7 Å². The highest BCUT2D eigenvalue weighted by atomic mass is 35.5. The van der Waals surface area contributed by atoms with Gasteiger partial charge >= 0.3 is 0 Å². The molecule has 3 heterocycles. The highest BCUT2D eigenvalue weighted by molar-refractivity contribution is 6.35. The van der Waals surface area contributed by atoms with Crippen molar-refractivity contribution >= 4 is 40.4 Å². The Bertz CT molecular complexity index is 1100. The molecule has 0 spiro atoms. The van der Waals surface area contributed by atoms with E-state index >= 15 is 0 Å². The molecule has 2 N–H and O–H groups in total. The number of carbonyl (C=O) groups excluding carboxylic acids is 1. The van der Waals surface area contributed by atoms with E-state index in [4.69, 9.17) is 11.6 Å². The smallest absolute Gasteiger partial charge is 0.212 e. The van der Waals surface area contributed by atoms with E-state index in [9.17, 15) is 9.18 Å². The van der Waals surface area contributed by atoms with Crippen LogP contribution >= 0.6 is 11.6 Å². The predicted molar refractivity (Wildman–Crippen MR) is 89.7 cm³/mol. The normalized spacial score (nSPS) is 11.3. The van der Waals surface area contributed by atoms with Crippen LogP contribution in [0.2, 0.25) is 5.02 Å². The third-order valence-corrected chi connectivity index (χ3v) is 4.33. The summed E-state index contributed by atoms with van der Waals surface area (Å²) in [5.74, 6) is -0.0351. The Morgan fingerprint density at radius 3 is 3.00 bits per heavy atom. The standard InChI is InChI=1S/C16H11ClFN5O/c1-8-13(10-4-20-22-16(10)14(17)15(8)18)9-2-3-12-21-11(19-7-24)6-23(12)5-9/h2-7H,1H3,(H,19,24)(H,20,22). The van der Waals surface area contributed by atoms with Gasteiger partial charge in [-0.3, -0.25) is 9.89 Å². The van der Waals surface area contributed by atoms with Gasteiger partial charge in [0, 0.05) is 17.1 Å². The maximum Gasteiger partial charge on any atom is 0.212 e.